The zero-order chi connectivity index (χ0) is 31.5. The third kappa shape index (κ3) is 14.1. The summed E-state index contributed by atoms with van der Waals surface area (Å²) in [4.78, 5) is 43.1. The summed E-state index contributed by atoms with van der Waals surface area (Å²) in [6, 6.07) is 35.0. The second-order valence-electron chi connectivity index (χ2n) is 8.90. The Bertz CT molecular complexity index is 1500. The van der Waals surface area contributed by atoms with E-state index in [9.17, 15) is 19.2 Å². The number of esters is 1. The van der Waals surface area contributed by atoms with E-state index in [4.69, 9.17) is 5.73 Å². The molecule has 44 heavy (non-hydrogen) atoms. The molecule has 0 saturated carbocycles. The molecule has 4 aromatic rings. The zero-order valence-electron chi connectivity index (χ0n) is 24.1. The Hall–Kier alpha value is -3.78. The monoisotopic (exact) mass is 719 g/mol. The van der Waals surface area contributed by atoms with Crippen LogP contribution in [-0.2, 0) is 41.2 Å². The molecule has 3 atom stereocenters. The quantitative estimate of drug-likeness (QED) is 0.0498. The van der Waals surface area contributed by atoms with Gasteiger partial charge in [-0.25, -0.2) is 0 Å². The maximum Gasteiger partial charge on any atom is 0.283 e. The topological polar surface area (TPSA) is 116 Å². The van der Waals surface area contributed by atoms with Crippen molar-refractivity contribution < 1.29 is 44.3 Å². The number of primary amides is 1. The molecule has 0 bridgehead atoms. The molecule has 0 aliphatic carbocycles. The number of carbonyl (C=O) groups is 4. The van der Waals surface area contributed by atoms with E-state index in [2.05, 4.69) is 58.9 Å². The summed E-state index contributed by atoms with van der Waals surface area (Å²) in [6.45, 7) is 1.92. The van der Waals surface area contributed by atoms with Gasteiger partial charge >= 0.3 is 0 Å². The maximum absolute atomic E-state index is 12.7. The summed E-state index contributed by atoms with van der Waals surface area (Å²) in [5, 5.41) is 4.93. The van der Waals surface area contributed by atoms with Gasteiger partial charge in [0.2, 0.25) is 5.91 Å². The average Bonchev–Trinajstić information content (AvgIpc) is 3.02. The second kappa shape index (κ2) is 21.8. The summed E-state index contributed by atoms with van der Waals surface area (Å²) in [7, 11) is 5.08. The van der Waals surface area contributed by atoms with Crippen LogP contribution in [-0.4, -0.2) is 24.3 Å². The summed E-state index contributed by atoms with van der Waals surface area (Å²) >= 11 is 0. The molecule has 0 aliphatic rings. The van der Waals surface area contributed by atoms with Gasteiger partial charge in [-0.05, 0) is 40.3 Å². The summed E-state index contributed by atoms with van der Waals surface area (Å²) in [5.74, 6) is -1.11. The molecule has 10 heteroatoms. The van der Waals surface area contributed by atoms with Gasteiger partial charge in [-0.3, -0.25) is 20.5 Å². The van der Waals surface area contributed by atoms with Crippen LogP contribution in [0.3, 0.4) is 0 Å². The van der Waals surface area contributed by atoms with Gasteiger partial charge in [-0.2, -0.15) is 6.08 Å². The Kier molecular flexibility index (Phi) is 19.0. The predicted octanol–water partition coefficient (Wildman–Crippen LogP) is 4.64. The van der Waals surface area contributed by atoms with Crippen molar-refractivity contribution in [3.63, 3.8) is 0 Å². The SMILES string of the molecule is CC[C-]=CC(=O)OC=O.NC(=O)c1ccccc1P.O=C(NC(Cc1ccccc1)c1ccccc1)c1ccccc1P.[Pd]. The molecule has 0 fully saturated rings. The molecule has 7 nitrogen and oxygen atoms in total. The summed E-state index contributed by atoms with van der Waals surface area (Å²) in [6.07, 6.45) is 5.06. The number of hydrogen-bond donors (Lipinski definition) is 2. The molecular formula is C34H35N2O5P2Pd-. The van der Waals surface area contributed by atoms with Gasteiger partial charge in [0.05, 0.1) is 6.04 Å². The van der Waals surface area contributed by atoms with Gasteiger partial charge in [-0.15, -0.1) is 24.9 Å². The van der Waals surface area contributed by atoms with Gasteiger partial charge in [0.25, 0.3) is 12.4 Å². The normalized spacial score (nSPS) is 10.4. The van der Waals surface area contributed by atoms with E-state index in [-0.39, 0.29) is 44.8 Å². The van der Waals surface area contributed by atoms with Crippen molar-refractivity contribution in [3.05, 3.63) is 144 Å². The average molecular weight is 720 g/mol. The minimum atomic E-state index is -0.674. The number of allylic oxidation sites excluding steroid dienone is 1. The van der Waals surface area contributed by atoms with Gasteiger partial charge in [0.15, 0.2) is 5.97 Å². The molecule has 232 valence electrons. The van der Waals surface area contributed by atoms with Crippen LogP contribution in [0.25, 0.3) is 0 Å². The summed E-state index contributed by atoms with van der Waals surface area (Å²) in [5.41, 5.74) is 8.62. The number of benzene rings is 4. The Labute approximate surface area is 277 Å². The van der Waals surface area contributed by atoms with Crippen LogP contribution in [0.1, 0.15) is 51.2 Å². The smallest absolute Gasteiger partial charge is 0.283 e. The maximum atomic E-state index is 12.7. The minimum Gasteiger partial charge on any atom is -0.486 e. The van der Waals surface area contributed by atoms with Gasteiger partial charge in [-0.1, -0.05) is 104 Å². The number of rotatable bonds is 9. The van der Waals surface area contributed by atoms with Gasteiger partial charge in [0, 0.05) is 31.5 Å². The minimum absolute atomic E-state index is 0. The number of carbonyl (C=O) groups excluding carboxylic acids is 4. The van der Waals surface area contributed by atoms with Crippen molar-refractivity contribution in [1.82, 2.24) is 5.32 Å². The third-order valence-electron chi connectivity index (χ3n) is 5.81. The molecule has 0 heterocycles. The first-order chi connectivity index (χ1) is 20.8. The fourth-order valence-electron chi connectivity index (χ4n) is 3.72. The standard InChI is InChI=1S/C21H20NOP.C7H8NOP.C6H7O3.Pd/c23-21(18-13-7-8-14-20(18)24)22-19(17-11-5-2-6-12-17)15-16-9-3-1-4-10-16;8-7(9)5-3-1-2-4-6(5)10;1-2-3-4-6(8)9-5-7;/h1-14,19H,15,24H2,(H,22,23);1-4H,10H2,(H2,8,9);4-5H,2H2,1H3;/q;;-1;. The molecule has 0 aliphatic heterocycles. The Morgan fingerprint density at radius 2 is 1.32 bits per heavy atom. The van der Waals surface area contributed by atoms with Crippen LogP contribution in [0.5, 0.6) is 0 Å². The first-order valence-corrected chi connectivity index (χ1v) is 14.5. The molecule has 4 rings (SSSR count). The third-order valence-corrected chi connectivity index (χ3v) is 6.82. The van der Waals surface area contributed by atoms with Crippen LogP contribution in [0.2, 0.25) is 0 Å². The van der Waals surface area contributed by atoms with E-state index < -0.39 is 5.97 Å². The number of ether oxygens (including phenoxy) is 1. The van der Waals surface area contributed by atoms with Crippen LogP contribution in [0, 0.1) is 6.08 Å². The molecule has 3 unspecified atom stereocenters. The predicted molar refractivity (Wildman–Crippen MR) is 177 cm³/mol. The first-order valence-electron chi connectivity index (χ1n) is 13.4. The molecule has 4 aromatic carbocycles. The van der Waals surface area contributed by atoms with Gasteiger partial charge < -0.3 is 20.6 Å². The number of amides is 2. The van der Waals surface area contributed by atoms with Crippen molar-refractivity contribution in [3.8, 4) is 0 Å². The van der Waals surface area contributed by atoms with Crippen LogP contribution < -0.4 is 21.7 Å². The van der Waals surface area contributed by atoms with E-state index in [1.807, 2.05) is 79.7 Å². The Morgan fingerprint density at radius 1 is 0.818 bits per heavy atom. The van der Waals surface area contributed by atoms with E-state index in [1.54, 1.807) is 12.1 Å². The first kappa shape index (κ1) is 38.2. The number of hydrogen-bond acceptors (Lipinski definition) is 5. The van der Waals surface area contributed by atoms with Crippen molar-refractivity contribution >= 4 is 53.3 Å². The van der Waals surface area contributed by atoms with E-state index >= 15 is 0 Å². The molecule has 0 saturated heterocycles. The van der Waals surface area contributed by atoms with Crippen molar-refractivity contribution in [1.29, 1.82) is 0 Å². The van der Waals surface area contributed by atoms with Crippen LogP contribution in [0.4, 0.5) is 0 Å². The van der Waals surface area contributed by atoms with E-state index in [0.29, 0.717) is 17.5 Å². The fraction of sp³-hybridized carbons (Fsp3) is 0.118. The number of nitrogens with two attached hydrogens (primary N) is 1. The van der Waals surface area contributed by atoms with Crippen molar-refractivity contribution in [2.45, 2.75) is 25.8 Å². The Morgan fingerprint density at radius 3 is 1.80 bits per heavy atom. The van der Waals surface area contributed by atoms with Gasteiger partial charge in [0.1, 0.15) is 0 Å². The molecule has 0 spiro atoms. The van der Waals surface area contributed by atoms with E-state index in [1.165, 1.54) is 5.56 Å². The van der Waals surface area contributed by atoms with Crippen molar-refractivity contribution in [2.24, 2.45) is 5.73 Å². The Balaban J connectivity index is 0.000000401. The molecular weight excluding hydrogens is 685 g/mol. The fourth-order valence-corrected chi connectivity index (χ4v) is 4.40. The molecule has 3 N–H and O–H groups in total. The second-order valence-corrected chi connectivity index (χ2v) is 10.1. The molecule has 2 amide bonds. The van der Waals surface area contributed by atoms with E-state index in [0.717, 1.165) is 28.7 Å². The molecule has 0 radical (unpaired) electrons. The molecule has 0 aromatic heterocycles. The van der Waals surface area contributed by atoms with Crippen LogP contribution in [0.15, 0.2) is 115 Å². The van der Waals surface area contributed by atoms with Crippen LogP contribution >= 0.6 is 18.5 Å². The van der Waals surface area contributed by atoms with Crippen molar-refractivity contribution in [2.75, 3.05) is 0 Å². The number of nitrogens with one attached hydrogen (secondary N) is 1. The summed E-state index contributed by atoms with van der Waals surface area (Å²) < 4.78 is 3.91. The zero-order valence-corrected chi connectivity index (χ0v) is 28.0. The largest absolute Gasteiger partial charge is 0.486 e.